The van der Waals surface area contributed by atoms with E-state index in [1.165, 1.54) is 14.2 Å². The summed E-state index contributed by atoms with van der Waals surface area (Å²) in [6.07, 6.45) is 2.84. The van der Waals surface area contributed by atoms with Crippen LogP contribution < -0.4 is 20.1 Å². The molecule has 0 spiro atoms. The van der Waals surface area contributed by atoms with Gasteiger partial charge < -0.3 is 25.1 Å². The number of amides is 2. The number of nitrogens with one attached hydrogen (secondary N) is 3. The summed E-state index contributed by atoms with van der Waals surface area (Å²) in [5.74, 6) is 0.403. The van der Waals surface area contributed by atoms with Crippen LogP contribution in [0.4, 0.5) is 11.4 Å². The molecule has 0 unspecified atom stereocenters. The number of hydrogen-bond donors (Lipinski definition) is 3. The van der Waals surface area contributed by atoms with E-state index in [-0.39, 0.29) is 11.8 Å². The van der Waals surface area contributed by atoms with Crippen molar-refractivity contribution in [2.45, 2.75) is 12.8 Å². The highest BCUT2D eigenvalue weighted by atomic mass is 16.5. The summed E-state index contributed by atoms with van der Waals surface area (Å²) in [4.78, 5) is 28.5. The fraction of sp³-hybridized carbons (Fsp3) is 0.154. The van der Waals surface area contributed by atoms with Gasteiger partial charge in [-0.25, -0.2) is 0 Å². The number of anilines is 2. The van der Waals surface area contributed by atoms with E-state index in [1.54, 1.807) is 36.4 Å². The Hall–Kier alpha value is -4.26. The van der Waals surface area contributed by atoms with Gasteiger partial charge in [-0.2, -0.15) is 0 Å². The number of benzene rings is 3. The highest BCUT2D eigenvalue weighted by Crippen LogP contribution is 2.37. The number of carbonyl (C=O) groups excluding carboxylic acids is 2. The zero-order chi connectivity index (χ0) is 23.2. The van der Waals surface area contributed by atoms with Crippen molar-refractivity contribution in [1.29, 1.82) is 0 Å². The number of para-hydroxylation sites is 1. The van der Waals surface area contributed by atoms with Crippen LogP contribution in [-0.4, -0.2) is 31.0 Å². The number of ether oxygens (including phenoxy) is 2. The average molecular weight is 444 g/mol. The molecular weight excluding hydrogens is 418 g/mol. The molecule has 0 saturated carbocycles. The molecule has 3 N–H and O–H groups in total. The molecule has 0 atom stereocenters. The molecule has 3 aromatic carbocycles. The smallest absolute Gasteiger partial charge is 0.255 e. The molecule has 168 valence electrons. The van der Waals surface area contributed by atoms with E-state index in [0.717, 1.165) is 16.5 Å². The van der Waals surface area contributed by atoms with Gasteiger partial charge in [0.15, 0.2) is 0 Å². The number of rotatable bonds is 8. The van der Waals surface area contributed by atoms with Crippen molar-refractivity contribution in [2.24, 2.45) is 0 Å². The number of methoxy groups -OCH3 is 2. The van der Waals surface area contributed by atoms with E-state index < -0.39 is 0 Å². The third-order valence-corrected chi connectivity index (χ3v) is 5.38. The summed E-state index contributed by atoms with van der Waals surface area (Å²) >= 11 is 0. The third kappa shape index (κ3) is 4.98. The first-order valence-electron chi connectivity index (χ1n) is 10.6. The number of fused-ring (bicyclic) bond motifs is 1. The number of hydrogen-bond acceptors (Lipinski definition) is 4. The summed E-state index contributed by atoms with van der Waals surface area (Å²) < 4.78 is 10.9. The van der Waals surface area contributed by atoms with E-state index in [0.29, 0.717) is 41.3 Å². The maximum Gasteiger partial charge on any atom is 0.255 e. The van der Waals surface area contributed by atoms with Crippen LogP contribution in [0, 0.1) is 0 Å². The van der Waals surface area contributed by atoms with E-state index in [2.05, 4.69) is 15.6 Å². The van der Waals surface area contributed by atoms with E-state index in [1.807, 2.05) is 36.5 Å². The minimum absolute atomic E-state index is 0.151. The summed E-state index contributed by atoms with van der Waals surface area (Å²) in [6.45, 7) is 0. The molecule has 0 radical (unpaired) electrons. The fourth-order valence-corrected chi connectivity index (χ4v) is 3.68. The lowest BCUT2D eigenvalue weighted by atomic mass is 10.1. The number of H-pyrrole nitrogens is 1. The fourth-order valence-electron chi connectivity index (χ4n) is 3.68. The van der Waals surface area contributed by atoms with Gasteiger partial charge in [0, 0.05) is 41.2 Å². The topological polar surface area (TPSA) is 92.4 Å². The van der Waals surface area contributed by atoms with Crippen molar-refractivity contribution in [3.05, 3.63) is 84.1 Å². The van der Waals surface area contributed by atoms with Gasteiger partial charge in [-0.3, -0.25) is 9.59 Å². The van der Waals surface area contributed by atoms with Crippen molar-refractivity contribution in [3.8, 4) is 11.5 Å². The van der Waals surface area contributed by atoms with Gasteiger partial charge in [-0.05, 0) is 30.2 Å². The molecule has 1 heterocycles. The predicted octanol–water partition coefficient (Wildman–Crippen LogP) is 5.01. The highest BCUT2D eigenvalue weighted by Gasteiger charge is 2.16. The number of carbonyl (C=O) groups is 2. The van der Waals surface area contributed by atoms with Crippen molar-refractivity contribution in [3.63, 3.8) is 0 Å². The Bertz CT molecular complexity index is 1280. The first kappa shape index (κ1) is 22.0. The van der Waals surface area contributed by atoms with Crippen LogP contribution >= 0.6 is 0 Å². The van der Waals surface area contributed by atoms with Crippen molar-refractivity contribution in [1.82, 2.24) is 4.98 Å². The molecule has 0 fully saturated rings. The second-order valence-electron chi connectivity index (χ2n) is 7.48. The quantitative estimate of drug-likeness (QED) is 0.357. The standard InChI is InChI=1S/C26H25N3O4/c1-32-23-15-22(29-26(31)17-8-4-3-5-9-17)24(33-2)14-21(23)28-25(30)13-12-18-16-27-20-11-7-6-10-19(18)20/h3-11,14-16,27H,12-13H2,1-2H3,(H,28,30)(H,29,31). The van der Waals surface area contributed by atoms with Crippen LogP contribution in [0.3, 0.4) is 0 Å². The number of aromatic nitrogens is 1. The lowest BCUT2D eigenvalue weighted by molar-refractivity contribution is -0.116. The Morgan fingerprint density at radius 3 is 2.18 bits per heavy atom. The van der Waals surface area contributed by atoms with Gasteiger partial charge in [0.05, 0.1) is 25.6 Å². The first-order valence-corrected chi connectivity index (χ1v) is 10.6. The lowest BCUT2D eigenvalue weighted by Gasteiger charge is -2.16. The lowest BCUT2D eigenvalue weighted by Crippen LogP contribution is -2.15. The van der Waals surface area contributed by atoms with E-state index in [9.17, 15) is 9.59 Å². The van der Waals surface area contributed by atoms with Gasteiger partial charge in [0.2, 0.25) is 5.91 Å². The maximum atomic E-state index is 12.7. The molecule has 1 aromatic heterocycles. The number of aromatic amines is 1. The third-order valence-electron chi connectivity index (χ3n) is 5.38. The van der Waals surface area contributed by atoms with Gasteiger partial charge in [-0.1, -0.05) is 36.4 Å². The second-order valence-corrected chi connectivity index (χ2v) is 7.48. The Morgan fingerprint density at radius 1 is 0.848 bits per heavy atom. The number of aryl methyl sites for hydroxylation is 1. The molecule has 0 saturated heterocycles. The van der Waals surface area contributed by atoms with Crippen molar-refractivity contribution >= 4 is 34.1 Å². The largest absolute Gasteiger partial charge is 0.494 e. The zero-order valence-corrected chi connectivity index (χ0v) is 18.5. The Labute approximate surface area is 191 Å². The molecule has 33 heavy (non-hydrogen) atoms. The molecule has 7 heteroatoms. The minimum atomic E-state index is -0.272. The summed E-state index contributed by atoms with van der Waals surface area (Å²) in [5, 5.41) is 6.84. The van der Waals surface area contributed by atoms with Gasteiger partial charge in [0.25, 0.3) is 5.91 Å². The molecule has 7 nitrogen and oxygen atoms in total. The molecule has 2 amide bonds. The van der Waals surface area contributed by atoms with Crippen LogP contribution in [0.25, 0.3) is 10.9 Å². The van der Waals surface area contributed by atoms with Gasteiger partial charge >= 0.3 is 0 Å². The molecule has 0 aliphatic rings. The van der Waals surface area contributed by atoms with E-state index >= 15 is 0 Å². The minimum Gasteiger partial charge on any atom is -0.494 e. The summed E-state index contributed by atoms with van der Waals surface area (Å²) in [5.41, 5.74) is 3.57. The molecule has 0 aliphatic heterocycles. The van der Waals surface area contributed by atoms with Crippen LogP contribution in [0.1, 0.15) is 22.3 Å². The van der Waals surface area contributed by atoms with Crippen molar-refractivity contribution < 1.29 is 19.1 Å². The van der Waals surface area contributed by atoms with Crippen molar-refractivity contribution in [2.75, 3.05) is 24.9 Å². The molecule has 4 aromatic rings. The van der Waals surface area contributed by atoms with Crippen LogP contribution in [-0.2, 0) is 11.2 Å². The first-order chi connectivity index (χ1) is 16.1. The van der Waals surface area contributed by atoms with Crippen LogP contribution in [0.2, 0.25) is 0 Å². The predicted molar refractivity (Wildman–Crippen MR) is 129 cm³/mol. The second kappa shape index (κ2) is 9.91. The molecule has 0 aliphatic carbocycles. The maximum absolute atomic E-state index is 12.7. The summed E-state index contributed by atoms with van der Waals surface area (Å²) in [6, 6.07) is 20.2. The summed E-state index contributed by atoms with van der Waals surface area (Å²) in [7, 11) is 3.01. The van der Waals surface area contributed by atoms with Gasteiger partial charge in [-0.15, -0.1) is 0 Å². The average Bonchev–Trinajstić information content (AvgIpc) is 3.27. The Morgan fingerprint density at radius 2 is 1.48 bits per heavy atom. The normalized spacial score (nSPS) is 10.6. The zero-order valence-electron chi connectivity index (χ0n) is 18.5. The van der Waals surface area contributed by atoms with Crippen LogP contribution in [0.5, 0.6) is 11.5 Å². The van der Waals surface area contributed by atoms with Gasteiger partial charge in [0.1, 0.15) is 11.5 Å². The van der Waals surface area contributed by atoms with Crippen LogP contribution in [0.15, 0.2) is 72.9 Å². The van der Waals surface area contributed by atoms with E-state index in [4.69, 9.17) is 9.47 Å². The Balaban J connectivity index is 1.47. The highest BCUT2D eigenvalue weighted by molar-refractivity contribution is 6.05. The SMILES string of the molecule is COc1cc(NC(=O)c2ccccc2)c(OC)cc1NC(=O)CCc1c[nH]c2ccccc12. The Kier molecular flexibility index (Phi) is 6.59. The monoisotopic (exact) mass is 443 g/mol. The molecule has 4 rings (SSSR count). The molecular formula is C26H25N3O4. The molecule has 0 bridgehead atoms.